The van der Waals surface area contributed by atoms with Crippen LogP contribution in [0.15, 0.2) is 42.5 Å². The Labute approximate surface area is 121 Å². The Kier molecular flexibility index (Phi) is 4.51. The van der Waals surface area contributed by atoms with Gasteiger partial charge in [-0.15, -0.1) is 0 Å². The first-order chi connectivity index (χ1) is 9.56. The van der Waals surface area contributed by atoms with Gasteiger partial charge in [-0.05, 0) is 42.3 Å². The van der Waals surface area contributed by atoms with Gasteiger partial charge in [0.2, 0.25) is 0 Å². The van der Waals surface area contributed by atoms with E-state index in [0.717, 1.165) is 17.7 Å². The highest BCUT2D eigenvalue weighted by Gasteiger charge is 2.01. The molecule has 106 valence electrons. The molecule has 0 aliphatic heterocycles. The SMILES string of the molecule is Cc1ccc(OCCc2ccc(N(C)C)cc2)c(N)c1. The molecule has 0 aliphatic rings. The molecule has 0 aliphatic carbocycles. The lowest BCUT2D eigenvalue weighted by molar-refractivity contribution is 0.323. The van der Waals surface area contributed by atoms with E-state index in [2.05, 4.69) is 29.2 Å². The van der Waals surface area contributed by atoms with Crippen molar-refractivity contribution >= 4 is 11.4 Å². The van der Waals surface area contributed by atoms with Gasteiger partial charge in [-0.3, -0.25) is 0 Å². The molecule has 0 heterocycles. The minimum Gasteiger partial charge on any atom is -0.491 e. The van der Waals surface area contributed by atoms with Gasteiger partial charge in [0.05, 0.1) is 12.3 Å². The number of nitrogens with two attached hydrogens (primary N) is 1. The number of anilines is 2. The summed E-state index contributed by atoms with van der Waals surface area (Å²) in [5.41, 5.74) is 10.2. The van der Waals surface area contributed by atoms with Crippen LogP contribution < -0.4 is 15.4 Å². The van der Waals surface area contributed by atoms with Crippen LogP contribution in [-0.2, 0) is 6.42 Å². The fraction of sp³-hybridized carbons (Fsp3) is 0.294. The van der Waals surface area contributed by atoms with Crippen LogP contribution in [0.2, 0.25) is 0 Å². The summed E-state index contributed by atoms with van der Waals surface area (Å²) in [7, 11) is 4.08. The lowest BCUT2D eigenvalue weighted by Crippen LogP contribution is -2.08. The molecule has 0 saturated heterocycles. The van der Waals surface area contributed by atoms with E-state index in [-0.39, 0.29) is 0 Å². The second kappa shape index (κ2) is 6.33. The normalized spacial score (nSPS) is 10.3. The smallest absolute Gasteiger partial charge is 0.142 e. The van der Waals surface area contributed by atoms with Crippen molar-refractivity contribution in [2.75, 3.05) is 31.3 Å². The average Bonchev–Trinajstić information content (AvgIpc) is 2.42. The standard InChI is InChI=1S/C17H22N2O/c1-13-4-9-17(16(18)12-13)20-11-10-14-5-7-15(8-6-14)19(2)3/h4-9,12H,10-11,18H2,1-3H3. The summed E-state index contributed by atoms with van der Waals surface area (Å²) in [6, 6.07) is 14.4. The van der Waals surface area contributed by atoms with E-state index in [1.165, 1.54) is 11.3 Å². The highest BCUT2D eigenvalue weighted by molar-refractivity contribution is 5.54. The number of nitrogen functional groups attached to an aromatic ring is 1. The third kappa shape index (κ3) is 3.67. The van der Waals surface area contributed by atoms with Crippen molar-refractivity contribution in [3.05, 3.63) is 53.6 Å². The van der Waals surface area contributed by atoms with Gasteiger partial charge in [0.1, 0.15) is 5.75 Å². The predicted octanol–water partition coefficient (Wildman–Crippen LogP) is 3.26. The first-order valence-corrected chi connectivity index (χ1v) is 6.81. The zero-order valence-corrected chi connectivity index (χ0v) is 12.4. The fourth-order valence-corrected chi connectivity index (χ4v) is 2.04. The summed E-state index contributed by atoms with van der Waals surface area (Å²) in [5, 5.41) is 0. The molecule has 20 heavy (non-hydrogen) atoms. The molecule has 0 amide bonds. The van der Waals surface area contributed by atoms with Crippen LogP contribution in [0.5, 0.6) is 5.75 Å². The first-order valence-electron chi connectivity index (χ1n) is 6.81. The number of nitrogens with zero attached hydrogens (tertiary/aromatic N) is 1. The second-order valence-corrected chi connectivity index (χ2v) is 5.20. The van der Waals surface area contributed by atoms with Crippen molar-refractivity contribution in [2.45, 2.75) is 13.3 Å². The lowest BCUT2D eigenvalue weighted by atomic mass is 10.1. The molecule has 3 heteroatoms. The molecule has 3 nitrogen and oxygen atoms in total. The summed E-state index contributed by atoms with van der Waals surface area (Å²) < 4.78 is 5.74. The molecule has 0 spiro atoms. The predicted molar refractivity (Wildman–Crippen MR) is 85.6 cm³/mol. The lowest BCUT2D eigenvalue weighted by Gasteiger charge is -2.13. The van der Waals surface area contributed by atoms with Crippen LogP contribution in [-0.4, -0.2) is 20.7 Å². The van der Waals surface area contributed by atoms with Crippen LogP contribution in [0.3, 0.4) is 0 Å². The van der Waals surface area contributed by atoms with Crippen molar-refractivity contribution in [3.8, 4) is 5.75 Å². The van der Waals surface area contributed by atoms with Gasteiger partial charge in [0, 0.05) is 26.2 Å². The quantitative estimate of drug-likeness (QED) is 0.847. The van der Waals surface area contributed by atoms with Crippen LogP contribution in [0.4, 0.5) is 11.4 Å². The zero-order chi connectivity index (χ0) is 14.5. The maximum Gasteiger partial charge on any atom is 0.142 e. The Balaban J connectivity index is 1.89. The molecule has 0 aromatic heterocycles. The Morgan fingerprint density at radius 3 is 2.35 bits per heavy atom. The molecule has 2 rings (SSSR count). The summed E-state index contributed by atoms with van der Waals surface area (Å²) in [4.78, 5) is 2.09. The number of benzene rings is 2. The maximum atomic E-state index is 5.92. The average molecular weight is 270 g/mol. The Morgan fingerprint density at radius 1 is 1.05 bits per heavy atom. The highest BCUT2D eigenvalue weighted by atomic mass is 16.5. The maximum absolute atomic E-state index is 5.92. The van der Waals surface area contributed by atoms with E-state index in [1.54, 1.807) is 0 Å². The molecular formula is C17H22N2O. The molecular weight excluding hydrogens is 248 g/mol. The molecule has 0 unspecified atom stereocenters. The van der Waals surface area contributed by atoms with Gasteiger partial charge in [-0.2, -0.15) is 0 Å². The molecule has 0 fully saturated rings. The molecule has 0 atom stereocenters. The van der Waals surface area contributed by atoms with Gasteiger partial charge < -0.3 is 15.4 Å². The van der Waals surface area contributed by atoms with Crippen LogP contribution in [0.25, 0.3) is 0 Å². The topological polar surface area (TPSA) is 38.5 Å². The number of rotatable bonds is 5. The number of ether oxygens (including phenoxy) is 1. The molecule has 2 aromatic carbocycles. The Bertz CT molecular complexity index is 562. The fourth-order valence-electron chi connectivity index (χ4n) is 2.04. The Morgan fingerprint density at radius 2 is 1.75 bits per heavy atom. The van der Waals surface area contributed by atoms with E-state index in [4.69, 9.17) is 10.5 Å². The largest absolute Gasteiger partial charge is 0.491 e. The van der Waals surface area contributed by atoms with Gasteiger partial charge in [0.15, 0.2) is 0 Å². The summed E-state index contributed by atoms with van der Waals surface area (Å²) in [5.74, 6) is 0.764. The van der Waals surface area contributed by atoms with Gasteiger partial charge >= 0.3 is 0 Å². The van der Waals surface area contributed by atoms with Crippen molar-refractivity contribution in [2.24, 2.45) is 0 Å². The molecule has 0 saturated carbocycles. The van der Waals surface area contributed by atoms with Crippen LogP contribution in [0.1, 0.15) is 11.1 Å². The van der Waals surface area contributed by atoms with E-state index >= 15 is 0 Å². The van der Waals surface area contributed by atoms with Gasteiger partial charge in [0.25, 0.3) is 0 Å². The van der Waals surface area contributed by atoms with Crippen molar-refractivity contribution in [1.29, 1.82) is 0 Å². The molecule has 2 N–H and O–H groups in total. The van der Waals surface area contributed by atoms with E-state index in [9.17, 15) is 0 Å². The Hall–Kier alpha value is -2.16. The summed E-state index contributed by atoms with van der Waals surface area (Å²) in [6.45, 7) is 2.65. The summed E-state index contributed by atoms with van der Waals surface area (Å²) >= 11 is 0. The monoisotopic (exact) mass is 270 g/mol. The van der Waals surface area contributed by atoms with Gasteiger partial charge in [-0.25, -0.2) is 0 Å². The van der Waals surface area contributed by atoms with E-state index in [1.807, 2.05) is 39.2 Å². The summed E-state index contributed by atoms with van der Waals surface area (Å²) in [6.07, 6.45) is 0.876. The van der Waals surface area contributed by atoms with Crippen molar-refractivity contribution in [1.82, 2.24) is 0 Å². The number of aryl methyl sites for hydroxylation is 1. The molecule has 0 bridgehead atoms. The van der Waals surface area contributed by atoms with Crippen LogP contribution in [0, 0.1) is 6.92 Å². The molecule has 0 radical (unpaired) electrons. The third-order valence-corrected chi connectivity index (χ3v) is 3.27. The molecule has 2 aromatic rings. The van der Waals surface area contributed by atoms with E-state index < -0.39 is 0 Å². The highest BCUT2D eigenvalue weighted by Crippen LogP contribution is 2.22. The minimum absolute atomic E-state index is 0.634. The third-order valence-electron chi connectivity index (χ3n) is 3.27. The van der Waals surface area contributed by atoms with Crippen LogP contribution >= 0.6 is 0 Å². The minimum atomic E-state index is 0.634. The van der Waals surface area contributed by atoms with E-state index in [0.29, 0.717) is 12.3 Å². The van der Waals surface area contributed by atoms with Gasteiger partial charge in [-0.1, -0.05) is 18.2 Å². The zero-order valence-electron chi connectivity index (χ0n) is 12.4. The number of hydrogen-bond donors (Lipinski definition) is 1. The van der Waals surface area contributed by atoms with Crippen molar-refractivity contribution < 1.29 is 4.74 Å². The van der Waals surface area contributed by atoms with Crippen molar-refractivity contribution in [3.63, 3.8) is 0 Å². The second-order valence-electron chi connectivity index (χ2n) is 5.20. The first kappa shape index (κ1) is 14.3. The number of hydrogen-bond acceptors (Lipinski definition) is 3.